The summed E-state index contributed by atoms with van der Waals surface area (Å²) in [4.78, 5) is 18.9. The molecule has 0 saturated carbocycles. The van der Waals surface area contributed by atoms with Gasteiger partial charge in [-0.15, -0.1) is 0 Å². The van der Waals surface area contributed by atoms with Crippen LogP contribution in [0.2, 0.25) is 10.0 Å². The molecule has 0 spiro atoms. The van der Waals surface area contributed by atoms with Gasteiger partial charge < -0.3 is 10.2 Å². The zero-order valence-electron chi connectivity index (χ0n) is 11.6. The smallest absolute Gasteiger partial charge is 0.404 e. The van der Waals surface area contributed by atoms with E-state index in [1.54, 1.807) is 12.1 Å². The van der Waals surface area contributed by atoms with Crippen LogP contribution in [-0.4, -0.2) is 16.9 Å². The summed E-state index contributed by atoms with van der Waals surface area (Å²) in [7, 11) is 0. The van der Waals surface area contributed by atoms with E-state index >= 15 is 0 Å². The molecular weight excluding hydrogens is 339 g/mol. The number of halogens is 2. The number of rotatable bonds is 2. The average molecular weight is 350 g/mol. The van der Waals surface area contributed by atoms with E-state index in [2.05, 4.69) is 15.3 Å². The Kier molecular flexibility index (Phi) is 4.18. The first kappa shape index (κ1) is 15.3. The van der Waals surface area contributed by atoms with Gasteiger partial charge in [0, 0.05) is 0 Å². The highest BCUT2D eigenvalue weighted by Gasteiger charge is 2.14. The van der Waals surface area contributed by atoms with Gasteiger partial charge in [-0.1, -0.05) is 40.3 Å². The van der Waals surface area contributed by atoms with Crippen molar-refractivity contribution >= 4 is 52.2 Å². The summed E-state index contributed by atoms with van der Waals surface area (Å²) in [6.07, 6.45) is 0. The molecule has 0 aliphatic carbocycles. The number of oxazole rings is 1. The van der Waals surface area contributed by atoms with E-state index in [-0.39, 0.29) is 17.0 Å². The predicted molar refractivity (Wildman–Crippen MR) is 87.8 cm³/mol. The highest BCUT2D eigenvalue weighted by molar-refractivity contribution is 6.42. The number of aromatic nitrogens is 1. The van der Waals surface area contributed by atoms with Gasteiger partial charge in [-0.2, -0.15) is 0 Å². The number of para-hydroxylation sites is 2. The van der Waals surface area contributed by atoms with Crippen molar-refractivity contribution in [3.63, 3.8) is 0 Å². The lowest BCUT2D eigenvalue weighted by molar-refractivity contribution is -0.381. The molecule has 116 valence electrons. The molecule has 1 aromatic heterocycles. The molecule has 0 unspecified atom stereocenters. The Morgan fingerprint density at radius 2 is 1.96 bits per heavy atom. The molecule has 0 aliphatic heterocycles. The third-order valence-corrected chi connectivity index (χ3v) is 3.70. The van der Waals surface area contributed by atoms with Gasteiger partial charge in [-0.25, -0.2) is 10.3 Å². The van der Waals surface area contributed by atoms with E-state index in [1.165, 1.54) is 18.2 Å². The normalized spacial score (nSPS) is 11.7. The number of hydrogen-bond acceptors (Lipinski definition) is 3. The number of nitrogens with one attached hydrogen (secondary N) is 2. The van der Waals surface area contributed by atoms with E-state index in [1.807, 2.05) is 12.1 Å². The molecule has 4 N–H and O–H groups in total. The minimum atomic E-state index is -0.440. The summed E-state index contributed by atoms with van der Waals surface area (Å²) in [6.45, 7) is 0. The summed E-state index contributed by atoms with van der Waals surface area (Å²) in [6, 6.07) is 11.9. The Hall–Kier alpha value is -2.57. The van der Waals surface area contributed by atoms with Crippen LogP contribution in [-0.2, 0) is 0 Å². The van der Waals surface area contributed by atoms with Gasteiger partial charge >= 0.3 is 12.0 Å². The third kappa shape index (κ3) is 3.44. The molecule has 3 aromatic rings. The van der Waals surface area contributed by atoms with Crippen molar-refractivity contribution in [3.05, 3.63) is 58.1 Å². The number of amides is 1. The summed E-state index contributed by atoms with van der Waals surface area (Å²) in [5.41, 5.74) is 7.36. The fourth-order valence-corrected chi connectivity index (χ4v) is 2.20. The lowest BCUT2D eigenvalue weighted by Crippen LogP contribution is -2.74. The molecule has 6 nitrogen and oxygen atoms in total. The van der Waals surface area contributed by atoms with Crippen molar-refractivity contribution < 1.29 is 14.2 Å². The van der Waals surface area contributed by atoms with Crippen LogP contribution in [0, 0.1) is 0 Å². The number of benzene rings is 2. The van der Waals surface area contributed by atoms with Crippen molar-refractivity contribution in [2.45, 2.75) is 0 Å². The standard InChI is InChI=1S/C15H10Cl2N4O2/c16-9-6-5-8(7-10(9)17)13(22)20-14(18)21-15-19-11-3-1-2-4-12(11)23-15/h1-7H,(H3,18,19,20,21,22)/p+1. The maximum absolute atomic E-state index is 12.1. The van der Waals surface area contributed by atoms with Crippen LogP contribution in [0.25, 0.3) is 11.1 Å². The van der Waals surface area contributed by atoms with Crippen LogP contribution >= 0.6 is 23.2 Å². The van der Waals surface area contributed by atoms with E-state index in [0.717, 1.165) is 0 Å². The van der Waals surface area contributed by atoms with E-state index in [0.29, 0.717) is 21.7 Å². The molecule has 8 heteroatoms. The second-order valence-corrected chi connectivity index (χ2v) is 5.42. The first-order valence-corrected chi connectivity index (χ1v) is 7.30. The minimum absolute atomic E-state index is 0.0207. The van der Waals surface area contributed by atoms with Crippen LogP contribution in [0.3, 0.4) is 0 Å². The number of fused-ring (bicyclic) bond motifs is 1. The number of guanidine groups is 1. The van der Waals surface area contributed by atoms with E-state index in [4.69, 9.17) is 33.4 Å². The van der Waals surface area contributed by atoms with Gasteiger partial charge in [-0.3, -0.25) is 4.79 Å². The molecule has 0 bridgehead atoms. The zero-order chi connectivity index (χ0) is 16.4. The van der Waals surface area contributed by atoms with Crippen molar-refractivity contribution in [3.8, 4) is 0 Å². The Labute approximate surface area is 140 Å². The van der Waals surface area contributed by atoms with Crippen molar-refractivity contribution in [1.82, 2.24) is 10.3 Å². The number of carbonyl (C=O) groups is 1. The monoisotopic (exact) mass is 349 g/mol. The molecule has 1 heterocycles. The molecule has 0 atom stereocenters. The van der Waals surface area contributed by atoms with Crippen molar-refractivity contribution in [2.24, 2.45) is 5.73 Å². The lowest BCUT2D eigenvalue weighted by Gasteiger charge is -2.01. The summed E-state index contributed by atoms with van der Waals surface area (Å²) >= 11 is 11.7. The van der Waals surface area contributed by atoms with Crippen LogP contribution in [0.1, 0.15) is 10.4 Å². The van der Waals surface area contributed by atoms with Crippen LogP contribution in [0.5, 0.6) is 0 Å². The van der Waals surface area contributed by atoms with Gasteiger partial charge in [0.25, 0.3) is 5.91 Å². The molecule has 0 saturated heterocycles. The SMILES string of the molecule is NC(NC(=O)c1ccc(Cl)c(Cl)c1)=[NH+]c1nc2ccccc2o1. The Bertz CT molecular complexity index is 888. The maximum atomic E-state index is 12.1. The molecule has 1 amide bonds. The number of nitrogens with zero attached hydrogens (tertiary/aromatic N) is 1. The largest absolute Gasteiger partial charge is 0.406 e. The molecule has 23 heavy (non-hydrogen) atoms. The van der Waals surface area contributed by atoms with Gasteiger partial charge in [-0.05, 0) is 30.3 Å². The Balaban J connectivity index is 1.78. The Morgan fingerprint density at radius 1 is 1.17 bits per heavy atom. The van der Waals surface area contributed by atoms with Gasteiger partial charge in [0.05, 0.1) is 15.6 Å². The summed E-state index contributed by atoms with van der Waals surface area (Å²) in [5, 5.41) is 3.13. The molecule has 3 rings (SSSR count). The summed E-state index contributed by atoms with van der Waals surface area (Å²) < 4.78 is 5.45. The fourth-order valence-electron chi connectivity index (χ4n) is 1.90. The zero-order valence-corrected chi connectivity index (χ0v) is 13.2. The highest BCUT2D eigenvalue weighted by Crippen LogP contribution is 2.22. The van der Waals surface area contributed by atoms with E-state index in [9.17, 15) is 4.79 Å². The highest BCUT2D eigenvalue weighted by atomic mass is 35.5. The minimum Gasteiger partial charge on any atom is -0.404 e. The molecule has 0 aliphatic rings. The molecule has 0 radical (unpaired) electrons. The van der Waals surface area contributed by atoms with Crippen LogP contribution in [0.15, 0.2) is 46.9 Å². The first-order valence-electron chi connectivity index (χ1n) is 6.54. The lowest BCUT2D eigenvalue weighted by atomic mass is 10.2. The van der Waals surface area contributed by atoms with Gasteiger partial charge in [0.1, 0.15) is 0 Å². The second kappa shape index (κ2) is 6.28. The van der Waals surface area contributed by atoms with E-state index < -0.39 is 5.91 Å². The second-order valence-electron chi connectivity index (χ2n) is 4.61. The third-order valence-electron chi connectivity index (χ3n) is 2.97. The maximum Gasteiger partial charge on any atom is 0.406 e. The number of hydrogen-bond donors (Lipinski definition) is 3. The van der Waals surface area contributed by atoms with Gasteiger partial charge in [0.15, 0.2) is 11.1 Å². The summed E-state index contributed by atoms with van der Waals surface area (Å²) in [5.74, 6) is -0.461. The Morgan fingerprint density at radius 3 is 2.70 bits per heavy atom. The molecule has 2 aromatic carbocycles. The van der Waals surface area contributed by atoms with Crippen LogP contribution < -0.4 is 16.0 Å². The topological polar surface area (TPSA) is 95.1 Å². The number of nitrogens with two attached hydrogens (primary N) is 1. The first-order chi connectivity index (χ1) is 11.0. The quantitative estimate of drug-likeness (QED) is 0.483. The average Bonchev–Trinajstić information content (AvgIpc) is 2.91. The fraction of sp³-hybridized carbons (Fsp3) is 0. The molecule has 0 fully saturated rings. The molecular formula is C15H11Cl2N4O2+. The number of carbonyl (C=O) groups excluding carboxylic acids is 1. The van der Waals surface area contributed by atoms with Gasteiger partial charge in [0.2, 0.25) is 0 Å². The van der Waals surface area contributed by atoms with Crippen molar-refractivity contribution in [1.29, 1.82) is 0 Å². The van der Waals surface area contributed by atoms with Crippen LogP contribution in [0.4, 0.5) is 6.01 Å². The predicted octanol–water partition coefficient (Wildman–Crippen LogP) is 1.59. The van der Waals surface area contributed by atoms with Crippen molar-refractivity contribution in [2.75, 3.05) is 0 Å².